The average molecular weight is 262 g/mol. The number of nitrogens with one attached hydrogen (secondary N) is 1. The molecule has 3 heteroatoms. The van der Waals surface area contributed by atoms with Crippen molar-refractivity contribution >= 4 is 0 Å². The van der Waals surface area contributed by atoms with Gasteiger partial charge < -0.3 is 5.32 Å². The Labute approximate surface area is 115 Å². The Kier molecular flexibility index (Phi) is 3.59. The first-order valence-electron chi connectivity index (χ1n) is 7.35. The zero-order valence-corrected chi connectivity index (χ0v) is 11.8. The molecule has 0 spiro atoms. The van der Waals surface area contributed by atoms with Crippen molar-refractivity contribution in [1.29, 1.82) is 0 Å². The summed E-state index contributed by atoms with van der Waals surface area (Å²) in [6, 6.07) is 6.43. The Balaban J connectivity index is 1.77. The summed E-state index contributed by atoms with van der Waals surface area (Å²) in [7, 11) is 2.19. The fourth-order valence-electron chi connectivity index (χ4n) is 3.31. The van der Waals surface area contributed by atoms with Gasteiger partial charge in [0.15, 0.2) is 0 Å². The Hall–Kier alpha value is -0.930. The minimum Gasteiger partial charge on any atom is -0.314 e. The van der Waals surface area contributed by atoms with Gasteiger partial charge in [0.1, 0.15) is 5.82 Å². The van der Waals surface area contributed by atoms with Crippen LogP contribution in [0.3, 0.4) is 0 Å². The molecule has 2 unspecified atom stereocenters. The molecule has 0 amide bonds. The van der Waals surface area contributed by atoms with Gasteiger partial charge in [-0.05, 0) is 69.0 Å². The molecule has 2 atom stereocenters. The van der Waals surface area contributed by atoms with E-state index < -0.39 is 0 Å². The van der Waals surface area contributed by atoms with E-state index in [1.165, 1.54) is 24.8 Å². The summed E-state index contributed by atoms with van der Waals surface area (Å²) < 4.78 is 13.3. The standard InChI is InChI=1S/C16H23FN2/c1-11-9-13(17)3-6-15(11)16-12(7-8-19(16)2)10-18-14-4-5-14/h3,6,9,12,14,16,18H,4-5,7-8,10H2,1-2H3. The van der Waals surface area contributed by atoms with Crippen LogP contribution in [0.25, 0.3) is 0 Å². The normalized spacial score (nSPS) is 27.9. The Morgan fingerprint density at radius 2 is 2.11 bits per heavy atom. The molecule has 2 nitrogen and oxygen atoms in total. The van der Waals surface area contributed by atoms with Gasteiger partial charge in [0, 0.05) is 18.6 Å². The van der Waals surface area contributed by atoms with Crippen molar-refractivity contribution in [2.45, 2.75) is 38.3 Å². The van der Waals surface area contributed by atoms with Crippen LogP contribution in [0.5, 0.6) is 0 Å². The Morgan fingerprint density at radius 1 is 1.32 bits per heavy atom. The van der Waals surface area contributed by atoms with E-state index in [2.05, 4.69) is 17.3 Å². The summed E-state index contributed by atoms with van der Waals surface area (Å²) in [5.41, 5.74) is 2.37. The van der Waals surface area contributed by atoms with Gasteiger partial charge in [-0.3, -0.25) is 4.90 Å². The van der Waals surface area contributed by atoms with Crippen molar-refractivity contribution in [3.63, 3.8) is 0 Å². The van der Waals surface area contributed by atoms with Crippen LogP contribution in [0.15, 0.2) is 18.2 Å². The van der Waals surface area contributed by atoms with E-state index in [0.717, 1.165) is 24.7 Å². The van der Waals surface area contributed by atoms with Crippen LogP contribution in [0.2, 0.25) is 0 Å². The molecule has 1 N–H and O–H groups in total. The third-order valence-electron chi connectivity index (χ3n) is 4.57. The van der Waals surface area contributed by atoms with E-state index in [1.807, 2.05) is 13.0 Å². The van der Waals surface area contributed by atoms with Crippen LogP contribution in [-0.4, -0.2) is 31.1 Å². The van der Waals surface area contributed by atoms with E-state index in [4.69, 9.17) is 0 Å². The number of halogens is 1. The lowest BCUT2D eigenvalue weighted by molar-refractivity contribution is 0.270. The maximum absolute atomic E-state index is 13.3. The largest absolute Gasteiger partial charge is 0.314 e. The third-order valence-corrected chi connectivity index (χ3v) is 4.57. The average Bonchev–Trinajstić information content (AvgIpc) is 3.12. The number of hydrogen-bond acceptors (Lipinski definition) is 2. The molecule has 1 aliphatic heterocycles. The fourth-order valence-corrected chi connectivity index (χ4v) is 3.31. The van der Waals surface area contributed by atoms with Crippen LogP contribution in [-0.2, 0) is 0 Å². The fraction of sp³-hybridized carbons (Fsp3) is 0.625. The molecule has 1 aromatic rings. The van der Waals surface area contributed by atoms with Crippen LogP contribution < -0.4 is 5.32 Å². The zero-order chi connectivity index (χ0) is 13.4. The molecule has 1 aliphatic carbocycles. The molecule has 1 aromatic carbocycles. The molecule has 2 fully saturated rings. The number of benzene rings is 1. The van der Waals surface area contributed by atoms with Gasteiger partial charge in [-0.2, -0.15) is 0 Å². The number of rotatable bonds is 4. The molecule has 0 radical (unpaired) electrons. The molecule has 1 saturated heterocycles. The molecule has 2 aliphatic rings. The summed E-state index contributed by atoms with van der Waals surface area (Å²) in [6.45, 7) is 4.25. The molecule has 19 heavy (non-hydrogen) atoms. The van der Waals surface area contributed by atoms with Gasteiger partial charge in [0.25, 0.3) is 0 Å². The number of likely N-dealkylation sites (tertiary alicyclic amines) is 1. The summed E-state index contributed by atoms with van der Waals surface area (Å²) in [5.74, 6) is 0.518. The van der Waals surface area contributed by atoms with Crippen molar-refractivity contribution in [3.8, 4) is 0 Å². The van der Waals surface area contributed by atoms with Gasteiger partial charge in [-0.1, -0.05) is 6.07 Å². The first-order chi connectivity index (χ1) is 9.15. The highest BCUT2D eigenvalue weighted by molar-refractivity contribution is 5.31. The third kappa shape index (κ3) is 2.82. The quantitative estimate of drug-likeness (QED) is 0.897. The number of hydrogen-bond donors (Lipinski definition) is 1. The topological polar surface area (TPSA) is 15.3 Å². The Bertz CT molecular complexity index is 456. The molecule has 104 valence electrons. The predicted molar refractivity (Wildman–Crippen MR) is 75.6 cm³/mol. The van der Waals surface area contributed by atoms with Crippen molar-refractivity contribution in [1.82, 2.24) is 10.2 Å². The van der Waals surface area contributed by atoms with Gasteiger partial charge in [-0.15, -0.1) is 0 Å². The molecule has 1 heterocycles. The predicted octanol–water partition coefficient (Wildman–Crippen LogP) is 2.88. The minimum atomic E-state index is -0.130. The lowest BCUT2D eigenvalue weighted by Crippen LogP contribution is -2.30. The molecule has 0 bridgehead atoms. The van der Waals surface area contributed by atoms with E-state index >= 15 is 0 Å². The van der Waals surface area contributed by atoms with Crippen molar-refractivity contribution in [2.75, 3.05) is 20.1 Å². The highest BCUT2D eigenvalue weighted by Crippen LogP contribution is 2.37. The van der Waals surface area contributed by atoms with Crippen LogP contribution in [0, 0.1) is 18.7 Å². The second kappa shape index (κ2) is 5.22. The first-order valence-corrected chi connectivity index (χ1v) is 7.35. The minimum absolute atomic E-state index is 0.130. The van der Waals surface area contributed by atoms with Crippen molar-refractivity contribution in [3.05, 3.63) is 35.1 Å². The lowest BCUT2D eigenvalue weighted by Gasteiger charge is -2.27. The van der Waals surface area contributed by atoms with Crippen LogP contribution in [0.1, 0.15) is 36.4 Å². The molecular weight excluding hydrogens is 239 g/mol. The summed E-state index contributed by atoms with van der Waals surface area (Å²) in [5, 5.41) is 3.65. The highest BCUT2D eigenvalue weighted by atomic mass is 19.1. The maximum atomic E-state index is 13.3. The van der Waals surface area contributed by atoms with E-state index in [-0.39, 0.29) is 5.82 Å². The van der Waals surface area contributed by atoms with Gasteiger partial charge in [-0.25, -0.2) is 4.39 Å². The van der Waals surface area contributed by atoms with Gasteiger partial charge in [0.2, 0.25) is 0 Å². The Morgan fingerprint density at radius 3 is 2.79 bits per heavy atom. The number of nitrogens with zero attached hydrogens (tertiary/aromatic N) is 1. The van der Waals surface area contributed by atoms with Crippen molar-refractivity contribution < 1.29 is 4.39 Å². The zero-order valence-electron chi connectivity index (χ0n) is 11.8. The van der Waals surface area contributed by atoms with E-state index in [0.29, 0.717) is 12.0 Å². The second-order valence-electron chi connectivity index (χ2n) is 6.16. The molecule has 1 saturated carbocycles. The maximum Gasteiger partial charge on any atom is 0.123 e. The smallest absolute Gasteiger partial charge is 0.123 e. The van der Waals surface area contributed by atoms with Crippen LogP contribution in [0.4, 0.5) is 4.39 Å². The SMILES string of the molecule is Cc1cc(F)ccc1C1C(CNC2CC2)CCN1C. The molecular formula is C16H23FN2. The first kappa shape index (κ1) is 13.1. The van der Waals surface area contributed by atoms with E-state index in [1.54, 1.807) is 12.1 Å². The molecule has 3 rings (SSSR count). The van der Waals surface area contributed by atoms with Gasteiger partial charge in [0.05, 0.1) is 0 Å². The van der Waals surface area contributed by atoms with Crippen LogP contribution >= 0.6 is 0 Å². The molecule has 0 aromatic heterocycles. The van der Waals surface area contributed by atoms with E-state index in [9.17, 15) is 4.39 Å². The highest BCUT2D eigenvalue weighted by Gasteiger charge is 2.34. The number of aryl methyl sites for hydroxylation is 1. The summed E-state index contributed by atoms with van der Waals surface area (Å²) >= 11 is 0. The lowest BCUT2D eigenvalue weighted by atomic mass is 9.91. The second-order valence-corrected chi connectivity index (χ2v) is 6.16. The van der Waals surface area contributed by atoms with Gasteiger partial charge >= 0.3 is 0 Å². The monoisotopic (exact) mass is 262 g/mol. The summed E-state index contributed by atoms with van der Waals surface area (Å²) in [4.78, 5) is 2.42. The summed E-state index contributed by atoms with van der Waals surface area (Å²) in [6.07, 6.45) is 3.91. The van der Waals surface area contributed by atoms with Crippen molar-refractivity contribution in [2.24, 2.45) is 5.92 Å².